The summed E-state index contributed by atoms with van der Waals surface area (Å²) in [7, 11) is 1.44. The zero-order chi connectivity index (χ0) is 13.3. The molecule has 0 aromatic carbocycles. The lowest BCUT2D eigenvalue weighted by molar-refractivity contribution is 0.288. The van der Waals surface area contributed by atoms with Crippen molar-refractivity contribution < 1.29 is 4.74 Å². The molecule has 0 fully saturated rings. The van der Waals surface area contributed by atoms with Crippen molar-refractivity contribution in [1.82, 2.24) is 0 Å². The third kappa shape index (κ3) is 6.19. The molecule has 0 bridgehead atoms. The van der Waals surface area contributed by atoms with Crippen molar-refractivity contribution in [1.29, 1.82) is 5.41 Å². The molecule has 0 radical (unpaired) electrons. The van der Waals surface area contributed by atoms with Gasteiger partial charge in [0, 0.05) is 11.6 Å². The van der Waals surface area contributed by atoms with Crippen molar-refractivity contribution in [2.45, 2.75) is 20.3 Å². The molecular weight excluding hydrogens is 216 g/mol. The van der Waals surface area contributed by atoms with Crippen LogP contribution in [0.3, 0.4) is 0 Å². The molecule has 0 amide bonds. The molecule has 0 heterocycles. The van der Waals surface area contributed by atoms with Crippen molar-refractivity contribution in [2.24, 2.45) is 16.5 Å². The van der Waals surface area contributed by atoms with Gasteiger partial charge in [-0.15, -0.1) is 0 Å². The van der Waals surface area contributed by atoms with Crippen LogP contribution >= 0.6 is 0 Å². The van der Waals surface area contributed by atoms with Gasteiger partial charge in [-0.3, -0.25) is 5.41 Å². The van der Waals surface area contributed by atoms with Crippen LogP contribution in [0.15, 0.2) is 40.8 Å². The first-order valence-electron chi connectivity index (χ1n) is 5.32. The third-order valence-corrected chi connectivity index (χ3v) is 1.88. The molecule has 17 heavy (non-hydrogen) atoms. The molecular formula is C12H20N4O. The smallest absolute Gasteiger partial charge is 0.187 e. The minimum Gasteiger partial charge on any atom is -0.483 e. The Bertz CT molecular complexity index is 378. The summed E-state index contributed by atoms with van der Waals surface area (Å²) in [6.45, 7) is 3.86. The zero-order valence-corrected chi connectivity index (χ0v) is 10.5. The zero-order valence-electron chi connectivity index (χ0n) is 10.5. The number of hydrogen-bond donors (Lipinski definition) is 3. The second-order valence-corrected chi connectivity index (χ2v) is 3.19. The predicted octanol–water partition coefficient (Wildman–Crippen LogP) is 1.68. The van der Waals surface area contributed by atoms with Gasteiger partial charge >= 0.3 is 0 Å². The van der Waals surface area contributed by atoms with Crippen molar-refractivity contribution in [3.05, 3.63) is 35.8 Å². The Morgan fingerprint density at radius 2 is 2.06 bits per heavy atom. The average Bonchev–Trinajstić information content (AvgIpc) is 2.29. The second kappa shape index (κ2) is 8.15. The molecule has 0 aromatic heterocycles. The molecule has 5 nitrogen and oxygen atoms in total. The minimum absolute atomic E-state index is 0.0925. The lowest BCUT2D eigenvalue weighted by Gasteiger charge is -2.01. The fourth-order valence-corrected chi connectivity index (χ4v) is 0.987. The van der Waals surface area contributed by atoms with Crippen LogP contribution < -0.4 is 11.5 Å². The minimum atomic E-state index is 0.0925. The Hall–Kier alpha value is -2.04. The number of nitrogens with zero attached hydrogens (tertiary/aromatic N) is 1. The van der Waals surface area contributed by atoms with E-state index in [1.807, 2.05) is 26.0 Å². The van der Waals surface area contributed by atoms with Gasteiger partial charge in [-0.1, -0.05) is 25.2 Å². The highest BCUT2D eigenvalue weighted by Gasteiger charge is 2.00. The molecule has 0 aliphatic rings. The number of nitrogens with one attached hydrogen (secondary N) is 1. The standard InChI is InChI=1S/C12H20N4O/c1-4-6-7-9(5-2)12(15)16-10(13)8-11(14)17-3/h5-8H,4,14H2,1-3H3,(H3,13,15,16)/b7-6-,9-5+,11-8+. The second-order valence-electron chi connectivity index (χ2n) is 3.19. The maximum atomic E-state index is 7.76. The Kier molecular flexibility index (Phi) is 7.17. The van der Waals surface area contributed by atoms with Crippen LogP contribution in [0.4, 0.5) is 0 Å². The van der Waals surface area contributed by atoms with Crippen molar-refractivity contribution >= 4 is 11.7 Å². The van der Waals surface area contributed by atoms with E-state index < -0.39 is 0 Å². The highest BCUT2D eigenvalue weighted by Crippen LogP contribution is 2.02. The van der Waals surface area contributed by atoms with E-state index in [2.05, 4.69) is 4.99 Å². The summed E-state index contributed by atoms with van der Waals surface area (Å²) in [4.78, 5) is 3.91. The fourth-order valence-electron chi connectivity index (χ4n) is 0.987. The van der Waals surface area contributed by atoms with Gasteiger partial charge in [-0.25, -0.2) is 4.99 Å². The molecule has 0 atom stereocenters. The first-order chi connectivity index (χ1) is 8.04. The lowest BCUT2D eigenvalue weighted by atomic mass is 10.2. The Balaban J connectivity index is 4.83. The number of amidine groups is 2. The Morgan fingerprint density at radius 3 is 2.53 bits per heavy atom. The van der Waals surface area contributed by atoms with E-state index in [0.717, 1.165) is 6.42 Å². The fraction of sp³-hybridized carbons (Fsp3) is 0.333. The molecule has 0 rings (SSSR count). The molecule has 0 saturated heterocycles. The maximum absolute atomic E-state index is 7.76. The molecule has 0 spiro atoms. The quantitative estimate of drug-likeness (QED) is 0.293. The summed E-state index contributed by atoms with van der Waals surface area (Å²) in [6, 6.07) is 0. The van der Waals surface area contributed by atoms with E-state index in [9.17, 15) is 0 Å². The number of ether oxygens (including phenoxy) is 1. The summed E-state index contributed by atoms with van der Waals surface area (Å²) in [5.41, 5.74) is 11.7. The monoisotopic (exact) mass is 236 g/mol. The van der Waals surface area contributed by atoms with Crippen LogP contribution in [0.5, 0.6) is 0 Å². The van der Waals surface area contributed by atoms with E-state index in [1.54, 1.807) is 6.08 Å². The number of hydrogen-bond acceptors (Lipinski definition) is 3. The van der Waals surface area contributed by atoms with Gasteiger partial charge in [0.25, 0.3) is 0 Å². The third-order valence-electron chi connectivity index (χ3n) is 1.88. The van der Waals surface area contributed by atoms with Crippen LogP contribution in [-0.2, 0) is 4.74 Å². The van der Waals surface area contributed by atoms with Gasteiger partial charge in [0.15, 0.2) is 11.7 Å². The number of allylic oxidation sites excluding steroid dienone is 2. The summed E-state index contributed by atoms with van der Waals surface area (Å²) < 4.78 is 4.73. The molecule has 0 aromatic rings. The number of rotatable bonds is 5. The van der Waals surface area contributed by atoms with Crippen molar-refractivity contribution in [3.63, 3.8) is 0 Å². The maximum Gasteiger partial charge on any atom is 0.187 e. The SMILES string of the molecule is C/C=C(\C=C/CC)C(=N)N=C(N)/C=C(\N)OC. The van der Waals surface area contributed by atoms with E-state index in [1.165, 1.54) is 13.2 Å². The Morgan fingerprint density at radius 1 is 1.41 bits per heavy atom. The molecule has 0 saturated carbocycles. The number of aliphatic imine (C=N–C) groups is 1. The van der Waals surface area contributed by atoms with Gasteiger partial charge < -0.3 is 16.2 Å². The lowest BCUT2D eigenvalue weighted by Crippen LogP contribution is -2.15. The number of methoxy groups -OCH3 is 1. The topological polar surface area (TPSA) is 97.5 Å². The van der Waals surface area contributed by atoms with Gasteiger partial charge in [-0.2, -0.15) is 0 Å². The van der Waals surface area contributed by atoms with Crippen LogP contribution in [0.2, 0.25) is 0 Å². The number of nitrogens with two attached hydrogens (primary N) is 2. The molecule has 0 aliphatic heterocycles. The molecule has 0 aliphatic carbocycles. The van der Waals surface area contributed by atoms with E-state index in [4.69, 9.17) is 21.6 Å². The molecule has 94 valence electrons. The van der Waals surface area contributed by atoms with E-state index in [-0.39, 0.29) is 17.6 Å². The van der Waals surface area contributed by atoms with Crippen LogP contribution in [0.25, 0.3) is 0 Å². The van der Waals surface area contributed by atoms with Gasteiger partial charge in [-0.05, 0) is 13.3 Å². The van der Waals surface area contributed by atoms with Crippen LogP contribution in [0, 0.1) is 5.41 Å². The van der Waals surface area contributed by atoms with Gasteiger partial charge in [0.1, 0.15) is 5.84 Å². The van der Waals surface area contributed by atoms with E-state index in [0.29, 0.717) is 5.57 Å². The highest BCUT2D eigenvalue weighted by atomic mass is 16.5. The van der Waals surface area contributed by atoms with Crippen LogP contribution in [-0.4, -0.2) is 18.8 Å². The van der Waals surface area contributed by atoms with Gasteiger partial charge in [0.2, 0.25) is 0 Å². The molecule has 5 N–H and O–H groups in total. The van der Waals surface area contributed by atoms with Crippen LogP contribution in [0.1, 0.15) is 20.3 Å². The molecule has 0 unspecified atom stereocenters. The summed E-state index contributed by atoms with van der Waals surface area (Å²) >= 11 is 0. The first-order valence-corrected chi connectivity index (χ1v) is 5.32. The Labute approximate surface area is 102 Å². The van der Waals surface area contributed by atoms with E-state index >= 15 is 0 Å². The summed E-state index contributed by atoms with van der Waals surface area (Å²) in [5.74, 6) is 0.388. The summed E-state index contributed by atoms with van der Waals surface area (Å²) in [5, 5.41) is 7.76. The van der Waals surface area contributed by atoms with Crippen molar-refractivity contribution in [3.8, 4) is 0 Å². The average molecular weight is 236 g/mol. The van der Waals surface area contributed by atoms with Crippen molar-refractivity contribution in [2.75, 3.05) is 7.11 Å². The van der Waals surface area contributed by atoms with Gasteiger partial charge in [0.05, 0.1) is 7.11 Å². The first kappa shape index (κ1) is 15.0. The largest absolute Gasteiger partial charge is 0.483 e. The summed E-state index contributed by atoms with van der Waals surface area (Å²) in [6.07, 6.45) is 7.86. The molecule has 5 heteroatoms. The highest BCUT2D eigenvalue weighted by molar-refractivity contribution is 6.08. The predicted molar refractivity (Wildman–Crippen MR) is 71.8 cm³/mol. The normalized spacial score (nSPS) is 14.2.